The second-order valence-electron chi connectivity index (χ2n) is 11.7. The van der Waals surface area contributed by atoms with Crippen LogP contribution >= 0.6 is 0 Å². The van der Waals surface area contributed by atoms with E-state index < -0.39 is 36.1 Å². The topological polar surface area (TPSA) is 66.4 Å². The monoisotopic (exact) mass is 495 g/mol. The van der Waals surface area contributed by atoms with Gasteiger partial charge in [0.05, 0.1) is 6.10 Å². The molecule has 0 radical (unpaired) electrons. The fourth-order valence-corrected chi connectivity index (χ4v) is 9.15. The SMILES string of the molecule is [2H]C([2H])([2H])C([2H])(CCC[C@@H](C)[C@H]1CC[C@H]2[C@@H]3CC=C4CC(OS(=O)(=O)[O-])CC[C@]4(C)[C@H]3CC[C@]12C)C([2H])([2H])[2H].[Na+]. The van der Waals surface area contributed by atoms with Crippen LogP contribution in [0.4, 0.5) is 0 Å². The van der Waals surface area contributed by atoms with Gasteiger partial charge < -0.3 is 4.55 Å². The van der Waals surface area contributed by atoms with Gasteiger partial charge in [0.15, 0.2) is 0 Å². The van der Waals surface area contributed by atoms with Crippen LogP contribution in [0.3, 0.4) is 0 Å². The summed E-state index contributed by atoms with van der Waals surface area (Å²) in [4.78, 5) is 0. The summed E-state index contributed by atoms with van der Waals surface area (Å²) in [5.74, 6) is 0.0203. The van der Waals surface area contributed by atoms with Gasteiger partial charge in [-0.05, 0) is 97.7 Å². The summed E-state index contributed by atoms with van der Waals surface area (Å²) in [6.07, 6.45) is 10.1. The van der Waals surface area contributed by atoms with E-state index in [2.05, 4.69) is 26.8 Å². The molecule has 4 rings (SSSR count). The third-order valence-corrected chi connectivity index (χ3v) is 10.7. The van der Waals surface area contributed by atoms with Gasteiger partial charge in [0, 0.05) is 9.60 Å². The molecule has 0 heterocycles. The molecule has 4 aliphatic carbocycles. The predicted octanol–water partition coefficient (Wildman–Crippen LogP) is 3.88. The minimum atomic E-state index is -4.71. The van der Waals surface area contributed by atoms with Crippen molar-refractivity contribution in [2.75, 3.05) is 0 Å². The first kappa shape index (κ1) is 19.7. The van der Waals surface area contributed by atoms with E-state index in [9.17, 15) is 13.0 Å². The Morgan fingerprint density at radius 1 is 1.18 bits per heavy atom. The van der Waals surface area contributed by atoms with E-state index in [4.69, 9.17) is 13.8 Å². The summed E-state index contributed by atoms with van der Waals surface area (Å²) in [6, 6.07) is 0. The molecule has 0 aromatic carbocycles. The standard InChI is InChI=1S/C27H46O4S.Na/c1-18(2)7-6-8-19(3)23-11-12-24-22-10-9-20-17-21(31-32(28,29)30)13-15-26(20,4)25(22)14-16-27(23,24)5;/h9,18-19,21-25H,6-8,10-17H2,1-5H3,(H,28,29,30);/q;+1/p-1/t19-,21?,22+,23-,24+,25+,26+,27-;/m1./s1/i1D3,2D3,18D;. The van der Waals surface area contributed by atoms with Crippen molar-refractivity contribution >= 4 is 10.4 Å². The fraction of sp³-hybridized carbons (Fsp3) is 0.926. The molecule has 0 aromatic rings. The normalized spacial score (nSPS) is 45.6. The summed E-state index contributed by atoms with van der Waals surface area (Å²) >= 11 is 0. The minimum Gasteiger partial charge on any atom is -0.726 e. The summed E-state index contributed by atoms with van der Waals surface area (Å²) in [6.45, 7) is 1.24. The van der Waals surface area contributed by atoms with Gasteiger partial charge in [-0.2, -0.15) is 0 Å². The van der Waals surface area contributed by atoms with Gasteiger partial charge in [-0.15, -0.1) is 0 Å². The van der Waals surface area contributed by atoms with Crippen LogP contribution in [0, 0.1) is 46.3 Å². The Labute approximate surface area is 235 Å². The summed E-state index contributed by atoms with van der Waals surface area (Å²) in [5.41, 5.74) is 1.42. The minimum absolute atomic E-state index is 0. The Hall–Kier alpha value is 0.610. The first-order valence-electron chi connectivity index (χ1n) is 16.1. The Morgan fingerprint density at radius 2 is 1.94 bits per heavy atom. The summed E-state index contributed by atoms with van der Waals surface area (Å²) in [7, 11) is -4.71. The van der Waals surface area contributed by atoms with Crippen molar-refractivity contribution in [1.82, 2.24) is 0 Å². The second kappa shape index (κ2) is 10.5. The van der Waals surface area contributed by atoms with Gasteiger partial charge in [-0.1, -0.05) is 65.4 Å². The molecule has 0 saturated heterocycles. The first-order chi connectivity index (χ1) is 17.7. The van der Waals surface area contributed by atoms with Gasteiger partial charge in [0.1, 0.15) is 0 Å². The number of hydrogen-bond donors (Lipinski definition) is 0. The molecule has 8 atom stereocenters. The molecule has 6 heteroatoms. The molecule has 4 aliphatic rings. The molecule has 3 saturated carbocycles. The van der Waals surface area contributed by atoms with E-state index in [1.165, 1.54) is 5.57 Å². The van der Waals surface area contributed by atoms with E-state index in [0.29, 0.717) is 48.9 Å². The second-order valence-corrected chi connectivity index (χ2v) is 12.7. The molecule has 1 unspecified atom stereocenters. The van der Waals surface area contributed by atoms with E-state index >= 15 is 0 Å². The fourth-order valence-electron chi connectivity index (χ4n) is 8.65. The summed E-state index contributed by atoms with van der Waals surface area (Å²) in [5, 5.41) is 0. The van der Waals surface area contributed by atoms with Crippen LogP contribution in [-0.2, 0) is 14.6 Å². The van der Waals surface area contributed by atoms with Crippen molar-refractivity contribution in [1.29, 1.82) is 0 Å². The third kappa shape index (κ3) is 5.64. The van der Waals surface area contributed by atoms with Crippen molar-refractivity contribution in [3.8, 4) is 0 Å². The van der Waals surface area contributed by atoms with Crippen LogP contribution < -0.4 is 29.6 Å². The first-order valence-corrected chi connectivity index (χ1v) is 13.9. The van der Waals surface area contributed by atoms with Crippen molar-refractivity contribution in [3.05, 3.63) is 11.6 Å². The van der Waals surface area contributed by atoms with Crippen LogP contribution in [0.15, 0.2) is 11.6 Å². The van der Waals surface area contributed by atoms with Crippen LogP contribution in [0.5, 0.6) is 0 Å². The Balaban J connectivity index is 0.00000441. The van der Waals surface area contributed by atoms with Gasteiger partial charge >= 0.3 is 29.6 Å². The van der Waals surface area contributed by atoms with Crippen molar-refractivity contribution in [3.63, 3.8) is 0 Å². The van der Waals surface area contributed by atoms with Gasteiger partial charge in [0.25, 0.3) is 0 Å². The van der Waals surface area contributed by atoms with Crippen LogP contribution in [0.1, 0.15) is 115 Å². The van der Waals surface area contributed by atoms with Crippen LogP contribution in [0.2, 0.25) is 0 Å². The maximum Gasteiger partial charge on any atom is 1.00 e. The molecule has 4 nitrogen and oxygen atoms in total. The van der Waals surface area contributed by atoms with Crippen LogP contribution in [0.25, 0.3) is 0 Å². The maximum atomic E-state index is 11.2. The van der Waals surface area contributed by atoms with Crippen molar-refractivity contribution in [2.24, 2.45) is 46.3 Å². The zero-order valence-electron chi connectivity index (χ0n) is 27.9. The van der Waals surface area contributed by atoms with Crippen LogP contribution in [-0.4, -0.2) is 19.1 Å². The zero-order valence-corrected chi connectivity index (χ0v) is 23.7. The molecule has 0 spiro atoms. The number of rotatable bonds is 7. The third-order valence-electron chi connectivity index (χ3n) is 10.2. The molecule has 0 aliphatic heterocycles. The van der Waals surface area contributed by atoms with Gasteiger partial charge in [0.2, 0.25) is 10.4 Å². The predicted molar refractivity (Wildman–Crippen MR) is 128 cm³/mol. The molecular weight excluding hydrogens is 443 g/mol. The number of allylic oxidation sites excluding steroid dienone is 1. The molecule has 0 bridgehead atoms. The van der Waals surface area contributed by atoms with E-state index in [1.807, 2.05) is 0 Å². The average molecular weight is 496 g/mol. The quantitative estimate of drug-likeness (QED) is 0.233. The molecule has 184 valence electrons. The molecule has 33 heavy (non-hydrogen) atoms. The van der Waals surface area contributed by atoms with Crippen molar-refractivity contribution in [2.45, 2.75) is 111 Å². The largest absolute Gasteiger partial charge is 1.00 e. The Kier molecular flexibility index (Phi) is 6.29. The maximum absolute atomic E-state index is 11.2. The molecule has 0 aromatic heterocycles. The van der Waals surface area contributed by atoms with E-state index in [-0.39, 0.29) is 46.8 Å². The van der Waals surface area contributed by atoms with Gasteiger partial charge in [-0.3, -0.25) is 4.18 Å². The number of hydrogen-bond acceptors (Lipinski definition) is 4. The molecular formula is C27H45NaO4S. The molecule has 0 amide bonds. The van der Waals surface area contributed by atoms with E-state index in [1.54, 1.807) is 0 Å². The molecule has 3 fully saturated rings. The number of fused-ring (bicyclic) bond motifs is 5. The van der Waals surface area contributed by atoms with Gasteiger partial charge in [-0.25, -0.2) is 8.42 Å². The average Bonchev–Trinajstić information content (AvgIpc) is 3.14. The van der Waals surface area contributed by atoms with Crippen molar-refractivity contribution < 1.29 is 56.3 Å². The Bertz CT molecular complexity index is 1050. The summed E-state index contributed by atoms with van der Waals surface area (Å²) < 4.78 is 92.8. The smallest absolute Gasteiger partial charge is 0.726 e. The Morgan fingerprint density at radius 3 is 2.64 bits per heavy atom. The zero-order chi connectivity index (χ0) is 29.2. The molecule has 0 N–H and O–H groups in total. The van der Waals surface area contributed by atoms with E-state index in [0.717, 1.165) is 44.9 Å².